The Labute approximate surface area is 112 Å². The molecule has 0 saturated carbocycles. The fourth-order valence-corrected chi connectivity index (χ4v) is 2.47. The van der Waals surface area contributed by atoms with Crippen molar-refractivity contribution in [1.82, 2.24) is 9.80 Å². The smallest absolute Gasteiger partial charge is 0.0679 e. The quantitative estimate of drug-likeness (QED) is 0.773. The van der Waals surface area contributed by atoms with Crippen LogP contribution in [0.3, 0.4) is 0 Å². The first-order valence-corrected chi connectivity index (χ1v) is 7.24. The Morgan fingerprint density at radius 2 is 1.11 bits per heavy atom. The molecule has 0 bridgehead atoms. The third kappa shape index (κ3) is 5.22. The highest BCUT2D eigenvalue weighted by Gasteiger charge is 2.22. The van der Waals surface area contributed by atoms with Crippen molar-refractivity contribution in [2.24, 2.45) is 0 Å². The van der Waals surface area contributed by atoms with Crippen molar-refractivity contribution in [1.29, 1.82) is 0 Å². The molecule has 0 aromatic heterocycles. The lowest BCUT2D eigenvalue weighted by atomic mass is 10.3. The molecule has 4 heteroatoms. The SMILES string of the molecule is CC(C)N1CCC(O)C1.CC(C)N1CCC(O)C1. The first-order valence-electron chi connectivity index (χ1n) is 7.24. The van der Waals surface area contributed by atoms with Crippen LogP contribution in [0.5, 0.6) is 0 Å². The molecule has 0 radical (unpaired) electrons. The predicted molar refractivity (Wildman–Crippen MR) is 74.7 cm³/mol. The van der Waals surface area contributed by atoms with Crippen LogP contribution in [0.1, 0.15) is 40.5 Å². The zero-order valence-electron chi connectivity index (χ0n) is 12.3. The van der Waals surface area contributed by atoms with Crippen LogP contribution >= 0.6 is 0 Å². The molecule has 2 unspecified atom stereocenters. The summed E-state index contributed by atoms with van der Waals surface area (Å²) < 4.78 is 0. The second kappa shape index (κ2) is 7.43. The lowest BCUT2D eigenvalue weighted by Gasteiger charge is -2.18. The van der Waals surface area contributed by atoms with E-state index in [1.165, 1.54) is 0 Å². The van der Waals surface area contributed by atoms with Crippen LogP contribution in [0.15, 0.2) is 0 Å². The summed E-state index contributed by atoms with van der Waals surface area (Å²) in [6, 6.07) is 1.20. The maximum atomic E-state index is 9.11. The van der Waals surface area contributed by atoms with E-state index in [4.69, 9.17) is 10.2 Å². The summed E-state index contributed by atoms with van der Waals surface area (Å²) in [6.07, 6.45) is 1.79. The molecule has 2 aliphatic heterocycles. The number of hydrogen-bond acceptors (Lipinski definition) is 4. The first-order chi connectivity index (χ1) is 8.40. The van der Waals surface area contributed by atoms with Crippen LogP contribution in [0.2, 0.25) is 0 Å². The summed E-state index contributed by atoms with van der Waals surface area (Å²) in [5, 5.41) is 18.2. The molecule has 0 spiro atoms. The Bertz CT molecular complexity index is 210. The Balaban J connectivity index is 0.000000180. The van der Waals surface area contributed by atoms with Crippen molar-refractivity contribution in [2.45, 2.75) is 64.8 Å². The average molecular weight is 258 g/mol. The van der Waals surface area contributed by atoms with Gasteiger partial charge in [-0.15, -0.1) is 0 Å². The largest absolute Gasteiger partial charge is 0.392 e. The Morgan fingerprint density at radius 3 is 1.22 bits per heavy atom. The summed E-state index contributed by atoms with van der Waals surface area (Å²) in [6.45, 7) is 12.5. The zero-order chi connectivity index (χ0) is 13.7. The van der Waals surface area contributed by atoms with E-state index in [9.17, 15) is 0 Å². The number of aliphatic hydroxyl groups is 2. The Hall–Kier alpha value is -0.160. The molecule has 4 nitrogen and oxygen atoms in total. The van der Waals surface area contributed by atoms with Crippen molar-refractivity contribution in [2.75, 3.05) is 26.2 Å². The maximum Gasteiger partial charge on any atom is 0.0679 e. The third-order valence-corrected chi connectivity index (χ3v) is 3.85. The van der Waals surface area contributed by atoms with Gasteiger partial charge in [0.15, 0.2) is 0 Å². The molecule has 0 amide bonds. The monoisotopic (exact) mass is 258 g/mol. The average Bonchev–Trinajstić information content (AvgIpc) is 2.88. The molecular formula is C14H30N2O2. The van der Waals surface area contributed by atoms with Gasteiger partial charge < -0.3 is 10.2 Å². The standard InChI is InChI=1S/2C7H15NO/c2*1-6(2)8-4-3-7(9)5-8/h2*6-7,9H,3-5H2,1-2H3. The van der Waals surface area contributed by atoms with Gasteiger partial charge in [0, 0.05) is 38.3 Å². The van der Waals surface area contributed by atoms with Crippen molar-refractivity contribution in [3.8, 4) is 0 Å². The van der Waals surface area contributed by atoms with Gasteiger partial charge in [-0.05, 0) is 40.5 Å². The van der Waals surface area contributed by atoms with Gasteiger partial charge in [-0.2, -0.15) is 0 Å². The van der Waals surface area contributed by atoms with Crippen LogP contribution in [0.25, 0.3) is 0 Å². The lowest BCUT2D eigenvalue weighted by Crippen LogP contribution is -2.28. The van der Waals surface area contributed by atoms with E-state index in [2.05, 4.69) is 37.5 Å². The fraction of sp³-hybridized carbons (Fsp3) is 1.00. The van der Waals surface area contributed by atoms with Gasteiger partial charge in [0.2, 0.25) is 0 Å². The van der Waals surface area contributed by atoms with E-state index in [0.717, 1.165) is 39.0 Å². The second-order valence-electron chi connectivity index (χ2n) is 6.06. The summed E-state index contributed by atoms with van der Waals surface area (Å²) in [7, 11) is 0. The normalized spacial score (nSPS) is 30.0. The highest BCUT2D eigenvalue weighted by atomic mass is 16.3. The van der Waals surface area contributed by atoms with Crippen LogP contribution < -0.4 is 0 Å². The minimum absolute atomic E-state index is 0.0626. The fourth-order valence-electron chi connectivity index (χ4n) is 2.47. The van der Waals surface area contributed by atoms with Crippen molar-refractivity contribution >= 4 is 0 Å². The summed E-state index contributed by atoms with van der Waals surface area (Å²) in [5.74, 6) is 0. The number of rotatable bonds is 2. The van der Waals surface area contributed by atoms with E-state index >= 15 is 0 Å². The number of likely N-dealkylation sites (tertiary alicyclic amines) is 2. The number of nitrogens with zero attached hydrogens (tertiary/aromatic N) is 2. The van der Waals surface area contributed by atoms with E-state index in [1.807, 2.05) is 0 Å². The van der Waals surface area contributed by atoms with Gasteiger partial charge in [-0.25, -0.2) is 0 Å². The number of hydrogen-bond donors (Lipinski definition) is 2. The molecular weight excluding hydrogens is 228 g/mol. The van der Waals surface area contributed by atoms with Gasteiger partial charge in [-0.3, -0.25) is 9.80 Å². The molecule has 2 heterocycles. The molecule has 2 N–H and O–H groups in total. The van der Waals surface area contributed by atoms with Gasteiger partial charge in [-0.1, -0.05) is 0 Å². The predicted octanol–water partition coefficient (Wildman–Crippen LogP) is 0.923. The number of β-amino-alcohol motifs (C(OH)–C–C–N with tert-alkyl or cyclic N) is 2. The first kappa shape index (κ1) is 15.9. The molecule has 2 aliphatic rings. The Kier molecular flexibility index (Phi) is 6.57. The molecule has 0 aromatic rings. The van der Waals surface area contributed by atoms with Crippen LogP contribution in [0.4, 0.5) is 0 Å². The molecule has 2 atom stereocenters. The second-order valence-corrected chi connectivity index (χ2v) is 6.06. The van der Waals surface area contributed by atoms with Crippen LogP contribution in [-0.4, -0.2) is 70.5 Å². The van der Waals surface area contributed by atoms with Crippen LogP contribution in [0, 0.1) is 0 Å². The highest BCUT2D eigenvalue weighted by molar-refractivity contribution is 4.77. The van der Waals surface area contributed by atoms with Gasteiger partial charge in [0.05, 0.1) is 12.2 Å². The van der Waals surface area contributed by atoms with Crippen molar-refractivity contribution in [3.63, 3.8) is 0 Å². The summed E-state index contributed by atoms with van der Waals surface area (Å²) >= 11 is 0. The molecule has 2 rings (SSSR count). The zero-order valence-corrected chi connectivity index (χ0v) is 12.3. The molecule has 0 aromatic carbocycles. The summed E-state index contributed by atoms with van der Waals surface area (Å²) in [4.78, 5) is 4.59. The Morgan fingerprint density at radius 1 is 0.778 bits per heavy atom. The minimum atomic E-state index is -0.0626. The molecule has 18 heavy (non-hydrogen) atoms. The lowest BCUT2D eigenvalue weighted by molar-refractivity contribution is 0.166. The molecule has 2 fully saturated rings. The molecule has 0 aliphatic carbocycles. The highest BCUT2D eigenvalue weighted by Crippen LogP contribution is 2.11. The third-order valence-electron chi connectivity index (χ3n) is 3.85. The van der Waals surface area contributed by atoms with Crippen molar-refractivity contribution < 1.29 is 10.2 Å². The van der Waals surface area contributed by atoms with E-state index < -0.39 is 0 Å². The summed E-state index contributed by atoms with van der Waals surface area (Å²) in [5.41, 5.74) is 0. The van der Waals surface area contributed by atoms with Gasteiger partial charge >= 0.3 is 0 Å². The van der Waals surface area contributed by atoms with Crippen LogP contribution in [-0.2, 0) is 0 Å². The molecule has 108 valence electrons. The van der Waals surface area contributed by atoms with Gasteiger partial charge in [0.1, 0.15) is 0 Å². The van der Waals surface area contributed by atoms with Gasteiger partial charge in [0.25, 0.3) is 0 Å². The number of aliphatic hydroxyl groups excluding tert-OH is 2. The van der Waals surface area contributed by atoms with E-state index in [0.29, 0.717) is 12.1 Å². The minimum Gasteiger partial charge on any atom is -0.392 e. The van der Waals surface area contributed by atoms with E-state index in [1.54, 1.807) is 0 Å². The maximum absolute atomic E-state index is 9.11. The van der Waals surface area contributed by atoms with E-state index in [-0.39, 0.29) is 12.2 Å². The molecule has 2 saturated heterocycles. The van der Waals surface area contributed by atoms with Crippen molar-refractivity contribution in [3.05, 3.63) is 0 Å². The topological polar surface area (TPSA) is 46.9 Å².